The van der Waals surface area contributed by atoms with Gasteiger partial charge in [0.25, 0.3) is 0 Å². The van der Waals surface area contributed by atoms with E-state index in [2.05, 4.69) is 28.0 Å². The number of carbonyl (C=O) groups excluding carboxylic acids is 2. The van der Waals surface area contributed by atoms with Crippen LogP contribution in [0, 0.1) is 52.5 Å². The Bertz CT molecular complexity index is 2070. The highest BCUT2D eigenvalue weighted by atomic mass is 16.5. The van der Waals surface area contributed by atoms with Crippen LogP contribution in [-0.2, 0) is 4.79 Å². The number of esters is 2. The maximum absolute atomic E-state index is 13.5. The van der Waals surface area contributed by atoms with Gasteiger partial charge in [-0.2, -0.15) is 5.26 Å². The summed E-state index contributed by atoms with van der Waals surface area (Å²) >= 11 is 0. The first-order chi connectivity index (χ1) is 21.9. The van der Waals surface area contributed by atoms with Crippen molar-refractivity contribution in [2.75, 3.05) is 0 Å². The molecule has 3 aromatic carbocycles. The fourth-order valence-corrected chi connectivity index (χ4v) is 5.99. The smallest absolute Gasteiger partial charge is 0.345 e. The van der Waals surface area contributed by atoms with Gasteiger partial charge in [0.15, 0.2) is 5.69 Å². The van der Waals surface area contributed by atoms with Crippen LogP contribution < -0.4 is 9.47 Å². The van der Waals surface area contributed by atoms with Crippen molar-refractivity contribution < 1.29 is 19.1 Å². The Kier molecular flexibility index (Phi) is 8.58. The zero-order valence-electron chi connectivity index (χ0n) is 26.7. The molecule has 0 spiro atoms. The Morgan fingerprint density at radius 3 is 1.96 bits per heavy atom. The number of hydrogen-bond acceptors (Lipinski definition) is 6. The van der Waals surface area contributed by atoms with Crippen molar-refractivity contribution in [2.45, 2.75) is 48.5 Å². The van der Waals surface area contributed by atoms with Crippen LogP contribution in [0.25, 0.3) is 10.4 Å². The number of ether oxygens (including phenoxy) is 2. The zero-order chi connectivity index (χ0) is 33.3. The van der Waals surface area contributed by atoms with E-state index in [1.54, 1.807) is 55.5 Å². The van der Waals surface area contributed by atoms with Gasteiger partial charge in [-0.05, 0) is 113 Å². The van der Waals surface area contributed by atoms with Crippen LogP contribution in [0.1, 0.15) is 69.0 Å². The maximum atomic E-state index is 13.5. The molecule has 0 amide bonds. The number of carbonyl (C=O) groups is 2. The first kappa shape index (κ1) is 31.4. The first-order valence-electron chi connectivity index (χ1n) is 14.6. The molecule has 5 rings (SSSR count). The molecule has 1 aliphatic heterocycles. The molecule has 0 bridgehead atoms. The normalized spacial score (nSPS) is 13.5. The highest BCUT2D eigenvalue weighted by Gasteiger charge is 2.32. The van der Waals surface area contributed by atoms with E-state index in [0.29, 0.717) is 67.8 Å². The van der Waals surface area contributed by atoms with Crippen molar-refractivity contribution in [3.8, 4) is 17.6 Å². The highest BCUT2D eigenvalue weighted by Crippen LogP contribution is 2.41. The van der Waals surface area contributed by atoms with Crippen LogP contribution in [0.15, 0.2) is 82.5 Å². The molecular formula is C38H32N4O4. The summed E-state index contributed by atoms with van der Waals surface area (Å²) in [7, 11) is 0. The summed E-state index contributed by atoms with van der Waals surface area (Å²) in [4.78, 5) is 38.8. The molecule has 228 valence electrons. The van der Waals surface area contributed by atoms with E-state index in [9.17, 15) is 9.59 Å². The predicted octanol–water partition coefficient (Wildman–Crippen LogP) is 8.35. The van der Waals surface area contributed by atoms with E-state index in [1.807, 2.05) is 41.5 Å². The molecule has 0 atom stereocenters. The van der Waals surface area contributed by atoms with Gasteiger partial charge in [0.2, 0.25) is 0 Å². The second-order valence-electron chi connectivity index (χ2n) is 11.3. The molecule has 0 unspecified atom stereocenters. The molecular weight excluding hydrogens is 576 g/mol. The van der Waals surface area contributed by atoms with Crippen LogP contribution in [0.4, 0.5) is 5.69 Å². The zero-order valence-corrected chi connectivity index (χ0v) is 26.7. The summed E-state index contributed by atoms with van der Waals surface area (Å²) < 4.78 is 11.4. The van der Waals surface area contributed by atoms with Crippen molar-refractivity contribution in [1.82, 2.24) is 4.98 Å². The molecule has 1 aliphatic rings. The van der Waals surface area contributed by atoms with Crippen LogP contribution >= 0.6 is 0 Å². The van der Waals surface area contributed by atoms with E-state index in [-0.39, 0.29) is 0 Å². The molecule has 0 radical (unpaired) electrons. The maximum Gasteiger partial charge on any atom is 0.345 e. The molecule has 0 saturated heterocycles. The minimum atomic E-state index is -0.549. The molecule has 8 heteroatoms. The third-order valence-corrected chi connectivity index (χ3v) is 8.00. The van der Waals surface area contributed by atoms with E-state index in [4.69, 9.17) is 26.3 Å². The number of allylic oxidation sites excluding steroid dienone is 1. The topological polar surface area (TPSA) is 109 Å². The van der Waals surface area contributed by atoms with Crippen molar-refractivity contribution in [2.24, 2.45) is 4.99 Å². The SMILES string of the molecule is [C-]#[N+]c1ccc(OC(=O)C2=C(C)C(=C(c3[nH]c(C)c(C(=O)Oc4ccc(C#N)cc4)c3C)c3c(C)cc(C)cc3C)N=C2C)cc1. The van der Waals surface area contributed by atoms with E-state index in [1.165, 1.54) is 0 Å². The summed E-state index contributed by atoms with van der Waals surface area (Å²) in [5.41, 5.74) is 10.2. The third-order valence-electron chi connectivity index (χ3n) is 8.00. The quantitative estimate of drug-likeness (QED) is 0.134. The lowest BCUT2D eigenvalue weighted by atomic mass is 9.87. The number of rotatable bonds is 6. The molecule has 1 aromatic heterocycles. The Labute approximate surface area is 268 Å². The summed E-state index contributed by atoms with van der Waals surface area (Å²) in [5.74, 6) is -0.423. The minimum absolute atomic E-state index is 0.328. The van der Waals surface area contributed by atoms with E-state index in [0.717, 1.165) is 27.8 Å². The number of nitriles is 1. The fourth-order valence-electron chi connectivity index (χ4n) is 5.99. The highest BCUT2D eigenvalue weighted by molar-refractivity contribution is 6.23. The second-order valence-corrected chi connectivity index (χ2v) is 11.3. The van der Waals surface area contributed by atoms with Gasteiger partial charge in [-0.25, -0.2) is 14.4 Å². The molecule has 46 heavy (non-hydrogen) atoms. The van der Waals surface area contributed by atoms with Crippen molar-refractivity contribution in [3.63, 3.8) is 0 Å². The average Bonchev–Trinajstić information content (AvgIpc) is 3.48. The molecule has 1 N–H and O–H groups in total. The first-order valence-corrected chi connectivity index (χ1v) is 14.6. The standard InChI is InChI=1S/C38H32N4O4/c1-20-17-21(2)31(22(3)18-20)34(35-23(4)32(25(6)41-35)37(43)45-29-13-9-27(19-39)10-14-29)36-24(5)33(26(7)42-36)38(44)46-30-15-11-28(40-8)12-16-30/h9-18,41H,1-7H3. The van der Waals surface area contributed by atoms with E-state index >= 15 is 0 Å². The van der Waals surface area contributed by atoms with Gasteiger partial charge in [-0.3, -0.25) is 4.99 Å². The lowest BCUT2D eigenvalue weighted by Crippen LogP contribution is -2.16. The Morgan fingerprint density at radius 2 is 1.39 bits per heavy atom. The second kappa shape index (κ2) is 12.6. The summed E-state index contributed by atoms with van der Waals surface area (Å²) in [6.07, 6.45) is 0. The van der Waals surface area contributed by atoms with Gasteiger partial charge in [0.1, 0.15) is 11.5 Å². The Morgan fingerprint density at radius 1 is 0.826 bits per heavy atom. The van der Waals surface area contributed by atoms with Crippen LogP contribution in [0.3, 0.4) is 0 Å². The summed E-state index contributed by atoms with van der Waals surface area (Å²) in [6.45, 7) is 20.6. The Balaban J connectivity index is 1.65. The number of nitrogens with one attached hydrogen (secondary N) is 1. The Hall–Kier alpha value is -5.99. The lowest BCUT2D eigenvalue weighted by Gasteiger charge is -2.18. The number of nitrogens with zero attached hydrogens (tertiary/aromatic N) is 3. The predicted molar refractivity (Wildman–Crippen MR) is 177 cm³/mol. The largest absolute Gasteiger partial charge is 0.423 e. The number of H-pyrrole nitrogens is 1. The third kappa shape index (κ3) is 5.89. The lowest BCUT2D eigenvalue weighted by molar-refractivity contribution is -0.129. The minimum Gasteiger partial charge on any atom is -0.423 e. The van der Waals surface area contributed by atoms with Gasteiger partial charge in [-0.1, -0.05) is 29.8 Å². The number of aliphatic imine (C=N–C) groups is 1. The van der Waals surface area contributed by atoms with Crippen molar-refractivity contribution in [3.05, 3.63) is 139 Å². The summed E-state index contributed by atoms with van der Waals surface area (Å²) in [6, 6.07) is 19.0. The van der Waals surface area contributed by atoms with Gasteiger partial charge in [0, 0.05) is 11.3 Å². The molecule has 8 nitrogen and oxygen atoms in total. The van der Waals surface area contributed by atoms with Gasteiger partial charge >= 0.3 is 11.9 Å². The molecule has 0 fully saturated rings. The molecule has 0 aliphatic carbocycles. The summed E-state index contributed by atoms with van der Waals surface area (Å²) in [5, 5.41) is 9.11. The number of benzene rings is 3. The molecule has 0 saturated carbocycles. The number of aromatic amines is 1. The van der Waals surface area contributed by atoms with Crippen LogP contribution in [0.2, 0.25) is 0 Å². The van der Waals surface area contributed by atoms with Crippen molar-refractivity contribution >= 4 is 28.9 Å². The number of aryl methyl sites for hydroxylation is 4. The van der Waals surface area contributed by atoms with E-state index < -0.39 is 11.9 Å². The number of aromatic nitrogens is 1. The monoisotopic (exact) mass is 608 g/mol. The van der Waals surface area contributed by atoms with Crippen LogP contribution in [-0.4, -0.2) is 22.6 Å². The van der Waals surface area contributed by atoms with Gasteiger partial charge < -0.3 is 14.5 Å². The molecule has 2 heterocycles. The number of hydrogen-bond donors (Lipinski definition) is 1. The fraction of sp³-hybridized carbons (Fsp3) is 0.184. The molecule has 4 aromatic rings. The average molecular weight is 609 g/mol. The van der Waals surface area contributed by atoms with Gasteiger partial charge in [0.05, 0.1) is 46.4 Å². The van der Waals surface area contributed by atoms with Gasteiger partial charge in [-0.15, -0.1) is 0 Å². The van der Waals surface area contributed by atoms with Crippen LogP contribution in [0.5, 0.6) is 11.5 Å². The van der Waals surface area contributed by atoms with Crippen molar-refractivity contribution in [1.29, 1.82) is 5.26 Å².